The number of sulfonamides is 1. The van der Waals surface area contributed by atoms with E-state index in [4.69, 9.17) is 10.5 Å². The Morgan fingerprint density at radius 3 is 2.66 bits per heavy atom. The first-order valence-corrected chi connectivity index (χ1v) is 11.9. The van der Waals surface area contributed by atoms with Gasteiger partial charge in [0.05, 0.1) is 18.8 Å². The van der Waals surface area contributed by atoms with Crippen LogP contribution in [0, 0.1) is 6.92 Å². The highest BCUT2D eigenvalue weighted by atomic mass is 32.2. The van der Waals surface area contributed by atoms with Gasteiger partial charge >= 0.3 is 6.03 Å². The van der Waals surface area contributed by atoms with Gasteiger partial charge in [-0.1, -0.05) is 0 Å². The number of primary amides is 1. The van der Waals surface area contributed by atoms with E-state index < -0.39 is 22.0 Å². The maximum atomic E-state index is 12.5. The maximum Gasteiger partial charge on any atom is 0.329 e. The Labute approximate surface area is 177 Å². The van der Waals surface area contributed by atoms with Crippen LogP contribution in [0.4, 0.5) is 4.79 Å². The summed E-state index contributed by atoms with van der Waals surface area (Å²) >= 11 is 2.48. The molecule has 0 bridgehead atoms. The molecule has 2 heterocycles. The van der Waals surface area contributed by atoms with Crippen molar-refractivity contribution >= 4 is 45.1 Å². The first-order valence-electron chi connectivity index (χ1n) is 8.40. The number of pyridine rings is 1. The van der Waals surface area contributed by atoms with Crippen molar-refractivity contribution in [3.8, 4) is 0 Å². The zero-order chi connectivity index (χ0) is 21.6. The first-order chi connectivity index (χ1) is 13.7. The number of nitrogens with two attached hydrogens (primary N) is 1. The van der Waals surface area contributed by atoms with Crippen molar-refractivity contribution < 1.29 is 22.7 Å². The third-order valence-corrected chi connectivity index (χ3v) is 7.60. The van der Waals surface area contributed by atoms with Crippen LogP contribution in [-0.4, -0.2) is 45.3 Å². The van der Waals surface area contributed by atoms with Crippen molar-refractivity contribution in [2.24, 2.45) is 5.73 Å². The van der Waals surface area contributed by atoms with Crippen LogP contribution < -0.4 is 15.8 Å². The van der Waals surface area contributed by atoms with Gasteiger partial charge in [-0.15, -0.1) is 23.1 Å². The molecule has 9 nitrogen and oxygen atoms in total. The molecule has 2 aromatic rings. The number of hydrogen-bond acceptors (Lipinski definition) is 8. The van der Waals surface area contributed by atoms with Crippen molar-refractivity contribution in [2.45, 2.75) is 29.0 Å². The van der Waals surface area contributed by atoms with Crippen LogP contribution in [0.3, 0.4) is 0 Å². The summed E-state index contributed by atoms with van der Waals surface area (Å²) in [5.74, 6) is -0.688. The number of aryl methyl sites for hydroxylation is 1. The largest absolute Gasteiger partial charge is 0.384 e. The molecule has 0 fully saturated rings. The molecule has 3 amide bonds. The summed E-state index contributed by atoms with van der Waals surface area (Å²) in [6.45, 7) is 2.21. The van der Waals surface area contributed by atoms with E-state index >= 15 is 0 Å². The Hall–Kier alpha value is -2.15. The molecule has 4 N–H and O–H groups in total. The van der Waals surface area contributed by atoms with Crippen LogP contribution in [-0.2, 0) is 27.7 Å². The average Bonchev–Trinajstić information content (AvgIpc) is 3.05. The van der Waals surface area contributed by atoms with Crippen molar-refractivity contribution in [1.29, 1.82) is 0 Å². The van der Waals surface area contributed by atoms with Crippen molar-refractivity contribution in [1.82, 2.24) is 15.0 Å². The molecule has 2 aromatic heterocycles. The normalized spacial score (nSPS) is 11.3. The molecule has 0 unspecified atom stereocenters. The molecular formula is C17H22N4O5S3. The highest BCUT2D eigenvalue weighted by Crippen LogP contribution is 2.26. The highest BCUT2D eigenvalue weighted by Gasteiger charge is 2.21. The third-order valence-electron chi connectivity index (χ3n) is 3.79. The number of thiophene rings is 1. The minimum atomic E-state index is -4.01. The highest BCUT2D eigenvalue weighted by molar-refractivity contribution is 7.98. The quantitative estimate of drug-likeness (QED) is 0.485. The van der Waals surface area contributed by atoms with E-state index in [1.54, 1.807) is 26.2 Å². The lowest BCUT2D eigenvalue weighted by Gasteiger charge is -2.09. The van der Waals surface area contributed by atoms with Gasteiger partial charge in [0.25, 0.3) is 15.9 Å². The second-order valence-corrected chi connectivity index (χ2v) is 9.88. The fraction of sp³-hybridized carbons (Fsp3) is 0.353. The summed E-state index contributed by atoms with van der Waals surface area (Å²) in [5, 5.41) is 2.43. The Bertz CT molecular complexity index is 1000. The number of aromatic nitrogens is 1. The van der Waals surface area contributed by atoms with E-state index in [2.05, 4.69) is 10.3 Å². The van der Waals surface area contributed by atoms with Crippen molar-refractivity contribution in [3.05, 3.63) is 40.0 Å². The van der Waals surface area contributed by atoms with E-state index in [1.807, 2.05) is 11.0 Å². The van der Waals surface area contributed by atoms with E-state index in [1.165, 1.54) is 17.8 Å². The van der Waals surface area contributed by atoms with Gasteiger partial charge in [0.2, 0.25) is 0 Å². The lowest BCUT2D eigenvalue weighted by atomic mass is 10.2. The van der Waals surface area contributed by atoms with Gasteiger partial charge in [-0.2, -0.15) is 0 Å². The molecule has 2 rings (SSSR count). The monoisotopic (exact) mass is 458 g/mol. The van der Waals surface area contributed by atoms with Gasteiger partial charge < -0.3 is 15.8 Å². The molecule has 29 heavy (non-hydrogen) atoms. The Balaban J connectivity index is 2.05. The summed E-state index contributed by atoms with van der Waals surface area (Å²) in [5.41, 5.74) is 6.53. The molecule has 0 saturated heterocycles. The van der Waals surface area contributed by atoms with Crippen LogP contribution >= 0.6 is 23.1 Å². The maximum absolute atomic E-state index is 12.5. The van der Waals surface area contributed by atoms with Gasteiger partial charge in [-0.25, -0.2) is 22.9 Å². The molecule has 158 valence electrons. The van der Waals surface area contributed by atoms with Crippen molar-refractivity contribution in [2.75, 3.05) is 20.0 Å². The smallest absolute Gasteiger partial charge is 0.329 e. The molecular weight excluding hydrogens is 436 g/mol. The molecule has 0 spiro atoms. The molecule has 0 aliphatic carbocycles. The number of urea groups is 1. The number of amides is 3. The van der Waals surface area contributed by atoms with E-state index in [0.717, 1.165) is 26.7 Å². The van der Waals surface area contributed by atoms with Crippen LogP contribution in [0.5, 0.6) is 0 Å². The Morgan fingerprint density at radius 2 is 2.03 bits per heavy atom. The molecule has 0 atom stereocenters. The zero-order valence-electron chi connectivity index (χ0n) is 16.1. The lowest BCUT2D eigenvalue weighted by molar-refractivity contribution is 0.0995. The summed E-state index contributed by atoms with van der Waals surface area (Å²) in [7, 11) is -2.44. The summed E-state index contributed by atoms with van der Waals surface area (Å²) in [6, 6.07) is 3.85. The minimum Gasteiger partial charge on any atom is -0.384 e. The summed E-state index contributed by atoms with van der Waals surface area (Å²) in [6.07, 6.45) is 2.41. The lowest BCUT2D eigenvalue weighted by Crippen LogP contribution is -2.39. The van der Waals surface area contributed by atoms with Gasteiger partial charge in [0.1, 0.15) is 9.90 Å². The van der Waals surface area contributed by atoms with Gasteiger partial charge in [0.15, 0.2) is 0 Å². The van der Waals surface area contributed by atoms with Gasteiger partial charge in [-0.3, -0.25) is 4.79 Å². The van der Waals surface area contributed by atoms with Crippen molar-refractivity contribution in [3.63, 3.8) is 0 Å². The van der Waals surface area contributed by atoms with Crippen LogP contribution in [0.2, 0.25) is 0 Å². The summed E-state index contributed by atoms with van der Waals surface area (Å²) in [4.78, 5) is 29.2. The number of carbonyl (C=O) groups is 2. The number of ether oxygens (including phenoxy) is 1. The molecule has 0 radical (unpaired) electrons. The fourth-order valence-corrected chi connectivity index (χ4v) is 5.32. The number of nitrogens with zero attached hydrogens (tertiary/aromatic N) is 1. The van der Waals surface area contributed by atoms with Gasteiger partial charge in [-0.05, 0) is 36.9 Å². The topological polar surface area (TPSA) is 140 Å². The fourth-order valence-electron chi connectivity index (χ4n) is 2.34. The standard InChI is InChI=1S/C17H22N4O5S3/c1-10-6-15(28-14(10)4-5-26-2)29(24,25)21-17(23)19-9-11-7-12(27-3)8-13(20-11)16(18)22/h6-8H,4-5,9H2,1-3H3,(H2,18,22)(H2,19,21,23). The second-order valence-electron chi connectivity index (χ2n) is 5.95. The molecule has 0 aromatic carbocycles. The number of hydrogen-bond donors (Lipinski definition) is 3. The first kappa shape index (κ1) is 23.1. The number of rotatable bonds is 9. The zero-order valence-corrected chi connectivity index (χ0v) is 18.6. The second kappa shape index (κ2) is 10.1. The number of methoxy groups -OCH3 is 1. The third kappa shape index (κ3) is 6.42. The van der Waals surface area contributed by atoms with E-state index in [9.17, 15) is 18.0 Å². The van der Waals surface area contributed by atoms with Crippen LogP contribution in [0.15, 0.2) is 27.3 Å². The number of thioether (sulfide) groups is 1. The van der Waals surface area contributed by atoms with E-state index in [0.29, 0.717) is 18.7 Å². The molecule has 0 aliphatic rings. The Kier molecular flexibility index (Phi) is 8.02. The van der Waals surface area contributed by atoms with E-state index in [-0.39, 0.29) is 16.4 Å². The van der Waals surface area contributed by atoms with Crippen LogP contribution in [0.25, 0.3) is 0 Å². The minimum absolute atomic E-state index is 0.0507. The molecule has 0 saturated carbocycles. The molecule has 0 aliphatic heterocycles. The average molecular weight is 459 g/mol. The van der Waals surface area contributed by atoms with Crippen LogP contribution in [0.1, 0.15) is 26.6 Å². The number of nitrogens with one attached hydrogen (secondary N) is 2. The van der Waals surface area contributed by atoms with Gasteiger partial charge in [0, 0.05) is 23.3 Å². The SMILES string of the molecule is COCCc1sc(S(=O)(=O)NC(=O)NCc2cc(SC)cc(C(N)=O)n2)cc1C. The number of carbonyl (C=O) groups excluding carboxylic acids is 2. The molecule has 12 heteroatoms. The Morgan fingerprint density at radius 1 is 1.31 bits per heavy atom. The summed E-state index contributed by atoms with van der Waals surface area (Å²) < 4.78 is 32.0. The predicted octanol–water partition coefficient (Wildman–Crippen LogP) is 1.65. The predicted molar refractivity (Wildman–Crippen MR) is 112 cm³/mol.